The summed E-state index contributed by atoms with van der Waals surface area (Å²) in [6.07, 6.45) is 0.835. The van der Waals surface area contributed by atoms with Crippen molar-refractivity contribution in [3.8, 4) is 0 Å². The van der Waals surface area contributed by atoms with E-state index in [9.17, 15) is 22.0 Å². The van der Waals surface area contributed by atoms with Gasteiger partial charge in [0.25, 0.3) is 0 Å². The highest BCUT2D eigenvalue weighted by atomic mass is 32.2. The molecule has 2 aromatic rings. The van der Waals surface area contributed by atoms with Gasteiger partial charge in [0, 0.05) is 50.9 Å². The molecule has 6 nitrogen and oxygen atoms in total. The number of benzene rings is 2. The number of nitrogens with zero attached hydrogens (tertiary/aromatic N) is 3. The summed E-state index contributed by atoms with van der Waals surface area (Å²) in [7, 11) is -3.92. The van der Waals surface area contributed by atoms with Gasteiger partial charge in [0.1, 0.15) is 0 Å². The highest BCUT2D eigenvalue weighted by Gasteiger charge is 2.35. The van der Waals surface area contributed by atoms with Gasteiger partial charge in [-0.3, -0.25) is 4.79 Å². The predicted octanol–water partition coefficient (Wildman–Crippen LogP) is 2.71. The average Bonchev–Trinajstić information content (AvgIpc) is 2.81. The minimum Gasteiger partial charge on any atom is -0.368 e. The minimum absolute atomic E-state index is 0.0672. The number of hydrogen-bond acceptors (Lipinski definition) is 4. The van der Waals surface area contributed by atoms with E-state index in [0.717, 1.165) is 30.9 Å². The molecule has 4 rings (SSSR count). The fourth-order valence-corrected chi connectivity index (χ4v) is 5.69. The highest BCUT2D eigenvalue weighted by molar-refractivity contribution is 7.89. The molecule has 0 radical (unpaired) electrons. The second-order valence-electron chi connectivity index (χ2n) is 7.90. The summed E-state index contributed by atoms with van der Waals surface area (Å²) in [6.45, 7) is 3.17. The molecule has 2 aliphatic heterocycles. The molecule has 2 heterocycles. The lowest BCUT2D eigenvalue weighted by molar-refractivity contribution is -0.137. The van der Waals surface area contributed by atoms with E-state index in [2.05, 4.69) is 17.0 Å². The molecule has 0 aromatic heterocycles. The third-order valence-electron chi connectivity index (χ3n) is 6.04. The van der Waals surface area contributed by atoms with Crippen LogP contribution in [0.1, 0.15) is 12.8 Å². The first kappa shape index (κ1) is 21.7. The Morgan fingerprint density at radius 3 is 2.10 bits per heavy atom. The molecule has 0 aliphatic carbocycles. The van der Waals surface area contributed by atoms with Crippen molar-refractivity contribution in [2.24, 2.45) is 5.92 Å². The van der Waals surface area contributed by atoms with Crippen molar-refractivity contribution in [3.05, 3.63) is 60.2 Å². The monoisotopic (exact) mass is 449 g/mol. The molecule has 0 N–H and O–H groups in total. The van der Waals surface area contributed by atoms with Crippen molar-refractivity contribution in [1.82, 2.24) is 9.21 Å². The maximum absolute atomic E-state index is 13.5. The first-order valence-electron chi connectivity index (χ1n) is 10.4. The first-order valence-corrected chi connectivity index (χ1v) is 11.8. The van der Waals surface area contributed by atoms with Gasteiger partial charge >= 0.3 is 0 Å². The van der Waals surface area contributed by atoms with Crippen molar-refractivity contribution < 1.29 is 22.0 Å². The zero-order valence-corrected chi connectivity index (χ0v) is 17.9. The Labute approximate surface area is 181 Å². The van der Waals surface area contributed by atoms with Crippen LogP contribution in [0.3, 0.4) is 0 Å². The number of amides is 1. The maximum atomic E-state index is 13.5. The van der Waals surface area contributed by atoms with Crippen LogP contribution in [0.4, 0.5) is 14.5 Å². The molecule has 0 spiro atoms. The number of anilines is 1. The SMILES string of the molecule is O=C(C1CCN(S(=O)(=O)c2ccc(F)c(F)c2)CC1)N1CCN(c2ccccc2)CC1. The van der Waals surface area contributed by atoms with Crippen LogP contribution in [0.25, 0.3) is 0 Å². The van der Waals surface area contributed by atoms with E-state index in [1.165, 1.54) is 4.31 Å². The van der Waals surface area contributed by atoms with E-state index < -0.39 is 21.7 Å². The van der Waals surface area contributed by atoms with Gasteiger partial charge in [0.2, 0.25) is 15.9 Å². The van der Waals surface area contributed by atoms with E-state index in [1.54, 1.807) is 0 Å². The molecular weight excluding hydrogens is 424 g/mol. The summed E-state index contributed by atoms with van der Waals surface area (Å²) < 4.78 is 53.3. The Balaban J connectivity index is 1.32. The van der Waals surface area contributed by atoms with Gasteiger partial charge < -0.3 is 9.80 Å². The quantitative estimate of drug-likeness (QED) is 0.720. The summed E-state index contributed by atoms with van der Waals surface area (Å²) in [5.74, 6) is -2.44. The number of rotatable bonds is 4. The number of piperazine rings is 1. The second-order valence-corrected chi connectivity index (χ2v) is 9.84. The van der Waals surface area contributed by atoms with Crippen LogP contribution in [0.2, 0.25) is 0 Å². The number of piperidine rings is 1. The van der Waals surface area contributed by atoms with Crippen molar-refractivity contribution in [2.45, 2.75) is 17.7 Å². The number of hydrogen-bond donors (Lipinski definition) is 0. The van der Waals surface area contributed by atoms with Crippen molar-refractivity contribution >= 4 is 21.6 Å². The fraction of sp³-hybridized carbons (Fsp3) is 0.409. The standard InChI is InChI=1S/C22H25F2N3O3S/c23-20-7-6-19(16-21(20)24)31(29,30)27-10-8-17(9-11-27)22(28)26-14-12-25(13-15-26)18-4-2-1-3-5-18/h1-7,16-17H,8-15H2. The zero-order chi connectivity index (χ0) is 22.0. The molecule has 0 unspecified atom stereocenters. The topological polar surface area (TPSA) is 60.9 Å². The fourth-order valence-electron chi connectivity index (χ4n) is 4.21. The number of halogens is 2. The lowest BCUT2D eigenvalue weighted by Crippen LogP contribution is -2.52. The molecule has 0 bridgehead atoms. The first-order chi connectivity index (χ1) is 14.9. The zero-order valence-electron chi connectivity index (χ0n) is 17.1. The molecular formula is C22H25F2N3O3S. The van der Waals surface area contributed by atoms with E-state index in [1.807, 2.05) is 23.1 Å². The van der Waals surface area contributed by atoms with Gasteiger partial charge in [-0.05, 0) is 43.2 Å². The van der Waals surface area contributed by atoms with E-state index >= 15 is 0 Å². The van der Waals surface area contributed by atoms with E-state index in [4.69, 9.17) is 0 Å². The normalized spacial score (nSPS) is 18.9. The molecule has 2 aliphatic rings. The van der Waals surface area contributed by atoms with Gasteiger partial charge in [-0.2, -0.15) is 4.31 Å². The van der Waals surface area contributed by atoms with Crippen molar-refractivity contribution in [2.75, 3.05) is 44.2 Å². The molecule has 9 heteroatoms. The summed E-state index contributed by atoms with van der Waals surface area (Å²) >= 11 is 0. The van der Waals surface area contributed by atoms with Gasteiger partial charge in [-0.15, -0.1) is 0 Å². The lowest BCUT2D eigenvalue weighted by Gasteiger charge is -2.39. The predicted molar refractivity (Wildman–Crippen MR) is 113 cm³/mol. The second kappa shape index (κ2) is 8.92. The Kier molecular flexibility index (Phi) is 6.24. The van der Waals surface area contributed by atoms with Crippen LogP contribution in [0, 0.1) is 17.6 Å². The van der Waals surface area contributed by atoms with Gasteiger partial charge in [-0.1, -0.05) is 18.2 Å². The number of carbonyl (C=O) groups excluding carboxylic acids is 1. The maximum Gasteiger partial charge on any atom is 0.243 e. The smallest absolute Gasteiger partial charge is 0.243 e. The molecule has 166 valence electrons. The van der Waals surface area contributed by atoms with Crippen LogP contribution in [0.5, 0.6) is 0 Å². The number of sulfonamides is 1. The molecule has 2 fully saturated rings. The van der Waals surface area contributed by atoms with Crippen LogP contribution >= 0.6 is 0 Å². The average molecular weight is 450 g/mol. The lowest BCUT2D eigenvalue weighted by atomic mass is 9.96. The number of carbonyl (C=O) groups is 1. The van der Waals surface area contributed by atoms with Crippen LogP contribution in [-0.4, -0.2) is 62.8 Å². The summed E-state index contributed by atoms with van der Waals surface area (Å²) in [4.78, 5) is 16.8. The van der Waals surface area contributed by atoms with Crippen molar-refractivity contribution in [1.29, 1.82) is 0 Å². The minimum atomic E-state index is -3.92. The Morgan fingerprint density at radius 2 is 1.48 bits per heavy atom. The molecule has 2 aromatic carbocycles. The molecule has 0 atom stereocenters. The van der Waals surface area contributed by atoms with Crippen LogP contribution in [-0.2, 0) is 14.8 Å². The van der Waals surface area contributed by atoms with Crippen LogP contribution < -0.4 is 4.90 Å². The van der Waals surface area contributed by atoms with Gasteiger partial charge in [0.15, 0.2) is 11.6 Å². The summed E-state index contributed by atoms with van der Waals surface area (Å²) in [6, 6.07) is 12.7. The Hall–Kier alpha value is -2.52. The summed E-state index contributed by atoms with van der Waals surface area (Å²) in [5, 5.41) is 0. The summed E-state index contributed by atoms with van der Waals surface area (Å²) in [5.41, 5.74) is 1.14. The van der Waals surface area contributed by atoms with E-state index in [-0.39, 0.29) is 29.8 Å². The Morgan fingerprint density at radius 1 is 0.839 bits per heavy atom. The Bertz CT molecular complexity index is 1030. The largest absolute Gasteiger partial charge is 0.368 e. The highest BCUT2D eigenvalue weighted by Crippen LogP contribution is 2.26. The molecule has 31 heavy (non-hydrogen) atoms. The molecule has 1 amide bonds. The molecule has 2 saturated heterocycles. The third-order valence-corrected chi connectivity index (χ3v) is 7.94. The number of para-hydroxylation sites is 1. The van der Waals surface area contributed by atoms with Gasteiger partial charge in [0.05, 0.1) is 4.90 Å². The van der Waals surface area contributed by atoms with Crippen molar-refractivity contribution in [3.63, 3.8) is 0 Å². The third kappa shape index (κ3) is 4.57. The molecule has 0 saturated carbocycles. The van der Waals surface area contributed by atoms with Gasteiger partial charge in [-0.25, -0.2) is 17.2 Å². The van der Waals surface area contributed by atoms with Crippen LogP contribution in [0.15, 0.2) is 53.4 Å². The van der Waals surface area contributed by atoms with E-state index in [0.29, 0.717) is 32.0 Å².